The van der Waals surface area contributed by atoms with E-state index in [2.05, 4.69) is 13.8 Å². The molecule has 0 aromatic heterocycles. The van der Waals surface area contributed by atoms with Gasteiger partial charge in [-0.2, -0.15) is 0 Å². The summed E-state index contributed by atoms with van der Waals surface area (Å²) < 4.78 is 5.79. The van der Waals surface area contributed by atoms with E-state index in [9.17, 15) is 9.59 Å². The zero-order valence-electron chi connectivity index (χ0n) is 15.9. The fraction of sp³-hybridized carbons (Fsp3) is 0.600. The first-order valence-electron chi connectivity index (χ1n) is 9.41. The van der Waals surface area contributed by atoms with Crippen LogP contribution in [0.2, 0.25) is 0 Å². The quantitative estimate of drug-likeness (QED) is 0.728. The SMILES string of the molecule is CCCC(C)N1CC2(CCN(C(=O)c3ccccc3SC)CC2)OC1=O. The van der Waals surface area contributed by atoms with Crippen LogP contribution in [0, 0.1) is 0 Å². The topological polar surface area (TPSA) is 49.9 Å². The fourth-order valence-corrected chi connectivity index (χ4v) is 4.52. The molecule has 1 spiro atoms. The molecule has 6 heteroatoms. The Balaban J connectivity index is 1.64. The predicted octanol–water partition coefficient (Wildman–Crippen LogP) is 4.02. The molecule has 0 bridgehead atoms. The number of carbonyl (C=O) groups is 2. The summed E-state index contributed by atoms with van der Waals surface area (Å²) in [5, 5.41) is 0. The molecule has 1 atom stereocenters. The molecule has 1 unspecified atom stereocenters. The predicted molar refractivity (Wildman–Crippen MR) is 104 cm³/mol. The molecule has 2 heterocycles. The average Bonchev–Trinajstić information content (AvgIpc) is 2.98. The Hall–Kier alpha value is -1.69. The number of thioether (sulfide) groups is 1. The lowest BCUT2D eigenvalue weighted by atomic mass is 9.90. The Morgan fingerprint density at radius 2 is 2.00 bits per heavy atom. The van der Waals surface area contributed by atoms with E-state index in [0.717, 1.165) is 23.3 Å². The molecule has 5 nitrogen and oxygen atoms in total. The van der Waals surface area contributed by atoms with Crippen LogP contribution in [0.1, 0.15) is 49.9 Å². The molecular formula is C20H28N2O3S. The van der Waals surface area contributed by atoms with Crippen LogP contribution in [-0.4, -0.2) is 59.3 Å². The third-order valence-corrected chi connectivity index (χ3v) is 6.33. The number of piperidine rings is 1. The molecule has 142 valence electrons. The van der Waals surface area contributed by atoms with Crippen molar-refractivity contribution in [3.05, 3.63) is 29.8 Å². The molecule has 0 saturated carbocycles. The lowest BCUT2D eigenvalue weighted by Crippen LogP contribution is -2.49. The largest absolute Gasteiger partial charge is 0.441 e. The van der Waals surface area contributed by atoms with E-state index < -0.39 is 5.60 Å². The third kappa shape index (κ3) is 3.70. The molecule has 2 aliphatic rings. The summed E-state index contributed by atoms with van der Waals surface area (Å²) in [6.07, 6.45) is 5.25. The molecule has 2 fully saturated rings. The van der Waals surface area contributed by atoms with Crippen molar-refractivity contribution in [1.29, 1.82) is 0 Å². The molecule has 0 aliphatic carbocycles. The molecule has 0 N–H and O–H groups in total. The smallest absolute Gasteiger partial charge is 0.410 e. The molecule has 1 aromatic carbocycles. The van der Waals surface area contributed by atoms with Crippen LogP contribution in [0.15, 0.2) is 29.2 Å². The minimum Gasteiger partial charge on any atom is -0.441 e. The van der Waals surface area contributed by atoms with E-state index in [1.165, 1.54) is 0 Å². The summed E-state index contributed by atoms with van der Waals surface area (Å²) >= 11 is 1.59. The highest BCUT2D eigenvalue weighted by molar-refractivity contribution is 7.98. The summed E-state index contributed by atoms with van der Waals surface area (Å²) in [5.74, 6) is 0.0744. The lowest BCUT2D eigenvalue weighted by Gasteiger charge is -2.37. The minimum atomic E-state index is -0.422. The molecular weight excluding hydrogens is 348 g/mol. The molecule has 1 aromatic rings. The van der Waals surface area contributed by atoms with Crippen molar-refractivity contribution in [2.24, 2.45) is 0 Å². The van der Waals surface area contributed by atoms with Crippen molar-refractivity contribution >= 4 is 23.8 Å². The number of rotatable bonds is 5. The second kappa shape index (κ2) is 7.91. The average molecular weight is 377 g/mol. The number of carbonyl (C=O) groups excluding carboxylic acids is 2. The molecule has 0 radical (unpaired) electrons. The molecule has 3 rings (SSSR count). The van der Waals surface area contributed by atoms with E-state index >= 15 is 0 Å². The number of nitrogens with zero attached hydrogens (tertiary/aromatic N) is 2. The van der Waals surface area contributed by atoms with Crippen molar-refractivity contribution in [3.63, 3.8) is 0 Å². The van der Waals surface area contributed by atoms with E-state index in [1.807, 2.05) is 40.3 Å². The Kier molecular flexibility index (Phi) is 5.80. The summed E-state index contributed by atoms with van der Waals surface area (Å²) in [4.78, 5) is 30.0. The van der Waals surface area contributed by atoms with Crippen LogP contribution < -0.4 is 0 Å². The van der Waals surface area contributed by atoms with E-state index in [0.29, 0.717) is 32.5 Å². The van der Waals surface area contributed by atoms with Gasteiger partial charge in [0, 0.05) is 36.9 Å². The van der Waals surface area contributed by atoms with Gasteiger partial charge < -0.3 is 14.5 Å². The van der Waals surface area contributed by atoms with E-state index in [1.54, 1.807) is 11.8 Å². The van der Waals surface area contributed by atoms with Crippen LogP contribution in [0.5, 0.6) is 0 Å². The normalized spacial score (nSPS) is 20.3. The van der Waals surface area contributed by atoms with E-state index in [4.69, 9.17) is 4.74 Å². The van der Waals surface area contributed by atoms with Crippen molar-refractivity contribution < 1.29 is 14.3 Å². The third-order valence-electron chi connectivity index (χ3n) is 5.53. The van der Waals surface area contributed by atoms with Gasteiger partial charge in [-0.1, -0.05) is 25.5 Å². The molecule has 2 aliphatic heterocycles. The van der Waals surface area contributed by atoms with Gasteiger partial charge in [0.15, 0.2) is 0 Å². The van der Waals surface area contributed by atoms with Gasteiger partial charge in [-0.25, -0.2) is 4.79 Å². The summed E-state index contributed by atoms with van der Waals surface area (Å²) in [5.41, 5.74) is 0.340. The highest BCUT2D eigenvalue weighted by atomic mass is 32.2. The van der Waals surface area contributed by atoms with Crippen LogP contribution in [0.4, 0.5) is 4.79 Å². The van der Waals surface area contributed by atoms with Crippen LogP contribution in [0.25, 0.3) is 0 Å². The first kappa shape index (κ1) is 19.1. The van der Waals surface area contributed by atoms with Crippen LogP contribution in [-0.2, 0) is 4.74 Å². The number of likely N-dealkylation sites (tertiary alicyclic amines) is 1. The van der Waals surface area contributed by atoms with Gasteiger partial charge in [-0.15, -0.1) is 11.8 Å². The summed E-state index contributed by atoms with van der Waals surface area (Å²) in [6.45, 7) is 6.12. The first-order chi connectivity index (χ1) is 12.5. The highest BCUT2D eigenvalue weighted by Crippen LogP contribution is 2.35. The Morgan fingerprint density at radius 3 is 2.65 bits per heavy atom. The lowest BCUT2D eigenvalue weighted by molar-refractivity contribution is 0.00297. The van der Waals surface area contributed by atoms with Gasteiger partial charge in [0.1, 0.15) is 5.60 Å². The van der Waals surface area contributed by atoms with Gasteiger partial charge >= 0.3 is 6.09 Å². The molecule has 2 saturated heterocycles. The van der Waals surface area contributed by atoms with Gasteiger partial charge in [0.2, 0.25) is 0 Å². The Bertz CT molecular complexity index is 671. The van der Waals surface area contributed by atoms with Crippen LogP contribution >= 0.6 is 11.8 Å². The second-order valence-corrected chi connectivity index (χ2v) is 8.16. The standard InChI is InChI=1S/C20H28N2O3S/c1-4-7-15(2)22-14-20(25-19(22)24)10-12-21(13-11-20)18(23)16-8-5-6-9-17(16)26-3/h5-6,8-9,15H,4,7,10-14H2,1-3H3. The van der Waals surface area contributed by atoms with Crippen molar-refractivity contribution in [1.82, 2.24) is 9.80 Å². The number of ether oxygens (including phenoxy) is 1. The zero-order chi connectivity index (χ0) is 18.7. The highest BCUT2D eigenvalue weighted by Gasteiger charge is 2.48. The first-order valence-corrected chi connectivity index (χ1v) is 10.6. The van der Waals surface area contributed by atoms with Gasteiger partial charge in [-0.05, 0) is 31.7 Å². The van der Waals surface area contributed by atoms with Crippen molar-refractivity contribution in [2.45, 2.75) is 56.1 Å². The monoisotopic (exact) mass is 376 g/mol. The maximum atomic E-state index is 12.9. The Morgan fingerprint density at radius 1 is 1.31 bits per heavy atom. The Labute approximate surface area is 160 Å². The number of hydrogen-bond donors (Lipinski definition) is 0. The summed E-state index contributed by atoms with van der Waals surface area (Å²) in [7, 11) is 0. The zero-order valence-corrected chi connectivity index (χ0v) is 16.7. The van der Waals surface area contributed by atoms with E-state index in [-0.39, 0.29) is 18.0 Å². The number of hydrogen-bond acceptors (Lipinski definition) is 4. The van der Waals surface area contributed by atoms with Gasteiger partial charge in [0.05, 0.1) is 12.1 Å². The van der Waals surface area contributed by atoms with Crippen molar-refractivity contribution in [3.8, 4) is 0 Å². The maximum Gasteiger partial charge on any atom is 0.410 e. The number of benzene rings is 1. The number of amides is 2. The molecule has 26 heavy (non-hydrogen) atoms. The minimum absolute atomic E-state index is 0.0744. The summed E-state index contributed by atoms with van der Waals surface area (Å²) in [6, 6.07) is 7.94. The van der Waals surface area contributed by atoms with Gasteiger partial charge in [0.25, 0.3) is 5.91 Å². The second-order valence-electron chi connectivity index (χ2n) is 7.31. The van der Waals surface area contributed by atoms with Crippen molar-refractivity contribution in [2.75, 3.05) is 25.9 Å². The maximum absolute atomic E-state index is 12.9. The van der Waals surface area contributed by atoms with Crippen LogP contribution in [0.3, 0.4) is 0 Å². The fourth-order valence-electron chi connectivity index (χ4n) is 3.93. The molecule has 2 amide bonds. The van der Waals surface area contributed by atoms with Gasteiger partial charge in [-0.3, -0.25) is 4.79 Å².